The lowest BCUT2D eigenvalue weighted by atomic mass is 9.82. The molecule has 4 nitrogen and oxygen atoms in total. The van der Waals surface area contributed by atoms with Gasteiger partial charge in [0.2, 0.25) is 0 Å². The first-order valence-electron chi connectivity index (χ1n) is 9.41. The molecule has 0 aliphatic carbocycles. The lowest BCUT2D eigenvalue weighted by molar-refractivity contribution is -0.151. The van der Waals surface area contributed by atoms with E-state index in [1.165, 1.54) is 0 Å². The SMILES string of the molecule is C=C(C)C(=O)OC(C)(C)CC.C=C(C)C(=O)OC(C)C(C(C)C)C(C)C. The van der Waals surface area contributed by atoms with Gasteiger partial charge in [-0.1, -0.05) is 47.8 Å². The van der Waals surface area contributed by atoms with Crippen molar-refractivity contribution < 1.29 is 19.1 Å². The number of esters is 2. The second kappa shape index (κ2) is 11.9. The first-order valence-corrected chi connectivity index (χ1v) is 9.41. The predicted molar refractivity (Wildman–Crippen MR) is 109 cm³/mol. The van der Waals surface area contributed by atoms with E-state index in [1.807, 2.05) is 27.7 Å². The summed E-state index contributed by atoms with van der Waals surface area (Å²) in [7, 11) is 0. The standard InChI is InChI=1S/C13H24O2.C9H16O2/c1-8(2)12(9(3)4)11(7)15-13(14)10(5)6;1-6-9(4,5)11-8(10)7(2)3/h8-9,11-12H,5H2,1-4,6-7H3;2,6H2,1,3-5H3. The summed E-state index contributed by atoms with van der Waals surface area (Å²) in [5, 5.41) is 0. The predicted octanol–water partition coefficient (Wildman–Crippen LogP) is 5.72. The van der Waals surface area contributed by atoms with Crippen molar-refractivity contribution in [3.05, 3.63) is 24.3 Å². The van der Waals surface area contributed by atoms with Crippen LogP contribution in [0.25, 0.3) is 0 Å². The number of rotatable bonds is 8. The highest BCUT2D eigenvalue weighted by Crippen LogP contribution is 2.26. The van der Waals surface area contributed by atoms with E-state index >= 15 is 0 Å². The molecule has 0 aromatic rings. The van der Waals surface area contributed by atoms with Crippen molar-refractivity contribution in [2.24, 2.45) is 17.8 Å². The molecule has 152 valence electrons. The highest BCUT2D eigenvalue weighted by atomic mass is 16.6. The molecule has 4 heteroatoms. The van der Waals surface area contributed by atoms with Crippen LogP contribution in [0.5, 0.6) is 0 Å². The summed E-state index contributed by atoms with van der Waals surface area (Å²) in [6.07, 6.45) is 0.764. The van der Waals surface area contributed by atoms with Crippen LogP contribution in [0.1, 0.15) is 75.7 Å². The highest BCUT2D eigenvalue weighted by molar-refractivity contribution is 5.87. The Balaban J connectivity index is 0. The molecule has 1 atom stereocenters. The lowest BCUT2D eigenvalue weighted by Crippen LogP contribution is -2.31. The Bertz CT molecular complexity index is 478. The second-order valence-corrected chi connectivity index (χ2v) is 8.24. The first kappa shape index (κ1) is 26.6. The molecule has 0 bridgehead atoms. The van der Waals surface area contributed by atoms with E-state index in [9.17, 15) is 9.59 Å². The number of hydrogen-bond acceptors (Lipinski definition) is 4. The largest absolute Gasteiger partial charge is 0.459 e. The van der Waals surface area contributed by atoms with Gasteiger partial charge in [-0.3, -0.25) is 0 Å². The topological polar surface area (TPSA) is 52.6 Å². The van der Waals surface area contributed by atoms with E-state index in [0.29, 0.717) is 28.9 Å². The van der Waals surface area contributed by atoms with Gasteiger partial charge in [-0.05, 0) is 52.9 Å². The molecular formula is C22H40O4. The number of carbonyl (C=O) groups excluding carboxylic acids is 2. The van der Waals surface area contributed by atoms with Crippen molar-refractivity contribution in [3.8, 4) is 0 Å². The third kappa shape index (κ3) is 11.1. The highest BCUT2D eigenvalue weighted by Gasteiger charge is 2.27. The van der Waals surface area contributed by atoms with Gasteiger partial charge in [0.15, 0.2) is 0 Å². The second-order valence-electron chi connectivity index (χ2n) is 8.24. The van der Waals surface area contributed by atoms with Crippen molar-refractivity contribution in [2.45, 2.75) is 87.4 Å². The van der Waals surface area contributed by atoms with Crippen LogP contribution in [-0.4, -0.2) is 23.6 Å². The molecule has 0 amide bonds. The van der Waals surface area contributed by atoms with Gasteiger partial charge in [-0.2, -0.15) is 0 Å². The molecule has 0 aromatic carbocycles. The van der Waals surface area contributed by atoms with E-state index in [0.717, 1.165) is 6.42 Å². The number of hydrogen-bond donors (Lipinski definition) is 0. The maximum Gasteiger partial charge on any atom is 0.333 e. The average molecular weight is 369 g/mol. The molecule has 0 saturated carbocycles. The number of carbonyl (C=O) groups is 2. The van der Waals surface area contributed by atoms with Gasteiger partial charge >= 0.3 is 11.9 Å². The zero-order valence-corrected chi connectivity index (χ0v) is 18.6. The molecule has 26 heavy (non-hydrogen) atoms. The molecule has 0 saturated heterocycles. The van der Waals surface area contributed by atoms with Crippen LogP contribution in [-0.2, 0) is 19.1 Å². The van der Waals surface area contributed by atoms with Crippen molar-refractivity contribution in [1.82, 2.24) is 0 Å². The van der Waals surface area contributed by atoms with Crippen LogP contribution in [0.15, 0.2) is 24.3 Å². The third-order valence-electron chi connectivity index (χ3n) is 4.29. The number of ether oxygens (including phenoxy) is 2. The van der Waals surface area contributed by atoms with Crippen LogP contribution < -0.4 is 0 Å². The van der Waals surface area contributed by atoms with E-state index < -0.39 is 0 Å². The normalized spacial score (nSPS) is 12.3. The fourth-order valence-electron chi connectivity index (χ4n) is 2.61. The minimum atomic E-state index is -0.365. The molecule has 0 aliphatic heterocycles. The first-order chi connectivity index (χ1) is 11.7. The fraction of sp³-hybridized carbons (Fsp3) is 0.727. The van der Waals surface area contributed by atoms with Crippen LogP contribution in [0.2, 0.25) is 0 Å². The summed E-state index contributed by atoms with van der Waals surface area (Å²) in [5.74, 6) is 0.829. The van der Waals surface area contributed by atoms with Gasteiger partial charge in [0.1, 0.15) is 11.7 Å². The Morgan fingerprint density at radius 2 is 1.27 bits per heavy atom. The molecule has 0 fully saturated rings. The summed E-state index contributed by atoms with van der Waals surface area (Å²) in [6.45, 7) is 26.8. The van der Waals surface area contributed by atoms with Gasteiger partial charge in [0.05, 0.1) is 0 Å². The van der Waals surface area contributed by atoms with Crippen LogP contribution >= 0.6 is 0 Å². The summed E-state index contributed by atoms with van der Waals surface area (Å²) in [5.41, 5.74) is 0.551. The Labute approximate surface area is 161 Å². The Morgan fingerprint density at radius 3 is 1.54 bits per heavy atom. The summed E-state index contributed by atoms with van der Waals surface area (Å²) in [6, 6.07) is 0. The molecule has 0 aliphatic rings. The zero-order chi connectivity index (χ0) is 21.2. The van der Waals surface area contributed by atoms with Crippen LogP contribution in [0.3, 0.4) is 0 Å². The van der Waals surface area contributed by atoms with Crippen molar-refractivity contribution in [3.63, 3.8) is 0 Å². The Kier molecular flexibility index (Phi) is 12.2. The van der Waals surface area contributed by atoms with Crippen molar-refractivity contribution in [2.75, 3.05) is 0 Å². The van der Waals surface area contributed by atoms with Gasteiger partial charge in [-0.25, -0.2) is 9.59 Å². The quantitative estimate of drug-likeness (QED) is 0.406. The van der Waals surface area contributed by atoms with Crippen LogP contribution in [0.4, 0.5) is 0 Å². The van der Waals surface area contributed by atoms with Gasteiger partial charge < -0.3 is 9.47 Å². The van der Waals surface area contributed by atoms with Crippen molar-refractivity contribution in [1.29, 1.82) is 0 Å². The zero-order valence-electron chi connectivity index (χ0n) is 18.6. The molecule has 0 heterocycles. The van der Waals surface area contributed by atoms with Crippen LogP contribution in [0, 0.1) is 17.8 Å². The summed E-state index contributed by atoms with van der Waals surface area (Å²) < 4.78 is 10.5. The van der Waals surface area contributed by atoms with E-state index in [2.05, 4.69) is 40.9 Å². The maximum absolute atomic E-state index is 11.4. The average Bonchev–Trinajstić information content (AvgIpc) is 2.46. The maximum atomic E-state index is 11.4. The molecule has 0 aromatic heterocycles. The van der Waals surface area contributed by atoms with E-state index in [-0.39, 0.29) is 23.6 Å². The lowest BCUT2D eigenvalue weighted by Gasteiger charge is -2.30. The molecule has 0 radical (unpaired) electrons. The van der Waals surface area contributed by atoms with E-state index in [4.69, 9.17) is 9.47 Å². The van der Waals surface area contributed by atoms with Gasteiger partial charge in [0.25, 0.3) is 0 Å². The third-order valence-corrected chi connectivity index (χ3v) is 4.29. The molecule has 0 N–H and O–H groups in total. The summed E-state index contributed by atoms with van der Waals surface area (Å²) >= 11 is 0. The molecule has 0 rings (SSSR count). The van der Waals surface area contributed by atoms with Gasteiger partial charge in [0, 0.05) is 17.1 Å². The smallest absolute Gasteiger partial charge is 0.333 e. The van der Waals surface area contributed by atoms with E-state index in [1.54, 1.807) is 13.8 Å². The minimum Gasteiger partial charge on any atom is -0.459 e. The fourth-order valence-corrected chi connectivity index (χ4v) is 2.61. The Morgan fingerprint density at radius 1 is 0.885 bits per heavy atom. The summed E-state index contributed by atoms with van der Waals surface area (Å²) in [4.78, 5) is 22.4. The Hall–Kier alpha value is -1.58. The van der Waals surface area contributed by atoms with Gasteiger partial charge in [-0.15, -0.1) is 0 Å². The molecule has 1 unspecified atom stereocenters. The van der Waals surface area contributed by atoms with Crippen molar-refractivity contribution >= 4 is 11.9 Å². The minimum absolute atomic E-state index is 0.0470. The molecular weight excluding hydrogens is 328 g/mol. The monoisotopic (exact) mass is 368 g/mol. The molecule has 0 spiro atoms.